The second kappa shape index (κ2) is 6.86. The van der Waals surface area contributed by atoms with Gasteiger partial charge in [0.05, 0.1) is 23.4 Å². The van der Waals surface area contributed by atoms with Crippen molar-refractivity contribution < 1.29 is 13.6 Å². The highest BCUT2D eigenvalue weighted by atomic mass is 19.1. The summed E-state index contributed by atoms with van der Waals surface area (Å²) >= 11 is 0. The first kappa shape index (κ1) is 16.7. The number of nitriles is 1. The van der Waals surface area contributed by atoms with Gasteiger partial charge in [0, 0.05) is 18.0 Å². The van der Waals surface area contributed by atoms with E-state index in [9.17, 15) is 9.18 Å². The smallest absolute Gasteiger partial charge is 0.254 e. The van der Waals surface area contributed by atoms with Crippen LogP contribution in [0.5, 0.6) is 0 Å². The molecule has 26 heavy (non-hydrogen) atoms. The van der Waals surface area contributed by atoms with Gasteiger partial charge in [-0.15, -0.1) is 0 Å². The third-order valence-electron chi connectivity index (χ3n) is 5.21. The summed E-state index contributed by atoms with van der Waals surface area (Å²) in [6.45, 7) is 0. The van der Waals surface area contributed by atoms with Crippen LogP contribution in [-0.2, 0) is 0 Å². The van der Waals surface area contributed by atoms with Gasteiger partial charge in [0.25, 0.3) is 5.91 Å². The summed E-state index contributed by atoms with van der Waals surface area (Å²) in [5.74, 6) is -0.273. The number of oxazole rings is 1. The van der Waals surface area contributed by atoms with Gasteiger partial charge in [-0.1, -0.05) is 6.07 Å². The standard InChI is InChI=1S/C18H18FN5O2/c19-16-10(7-20)2-1-3-12(16)18(25)22-11-4-5-14-13(6-11)17(24-23-14)15-8-21-9-26-15/h1-3,8-9,11,13-14,17,23-24H,4-6H2,(H,22,25). The Labute approximate surface area is 149 Å². The largest absolute Gasteiger partial charge is 0.447 e. The lowest BCUT2D eigenvalue weighted by molar-refractivity contribution is 0.0910. The van der Waals surface area contributed by atoms with Crippen LogP contribution >= 0.6 is 0 Å². The minimum absolute atomic E-state index is 0.0131. The summed E-state index contributed by atoms with van der Waals surface area (Å²) in [6, 6.07) is 6.23. The molecule has 0 bridgehead atoms. The van der Waals surface area contributed by atoms with E-state index in [1.807, 2.05) is 0 Å². The van der Waals surface area contributed by atoms with E-state index in [1.165, 1.54) is 24.6 Å². The summed E-state index contributed by atoms with van der Waals surface area (Å²) < 4.78 is 19.6. The van der Waals surface area contributed by atoms with E-state index in [1.54, 1.807) is 12.3 Å². The average molecular weight is 355 g/mol. The maximum absolute atomic E-state index is 14.2. The van der Waals surface area contributed by atoms with Crippen LogP contribution in [0.4, 0.5) is 4.39 Å². The number of rotatable bonds is 3. The number of hydrogen-bond acceptors (Lipinski definition) is 6. The van der Waals surface area contributed by atoms with Gasteiger partial charge >= 0.3 is 0 Å². The number of nitrogens with zero attached hydrogens (tertiary/aromatic N) is 2. The molecule has 3 N–H and O–H groups in total. The second-order valence-electron chi connectivity index (χ2n) is 6.70. The first-order chi connectivity index (χ1) is 12.7. The van der Waals surface area contributed by atoms with Gasteiger partial charge in [0.2, 0.25) is 0 Å². The SMILES string of the molecule is N#Cc1cccc(C(=O)NC2CCC3NNC(c4cnco4)C3C2)c1F. The number of nitrogens with one attached hydrogen (secondary N) is 3. The minimum Gasteiger partial charge on any atom is -0.447 e. The molecule has 134 valence electrons. The highest BCUT2D eigenvalue weighted by molar-refractivity contribution is 5.95. The van der Waals surface area contributed by atoms with Crippen molar-refractivity contribution in [1.29, 1.82) is 5.26 Å². The number of halogens is 1. The summed E-state index contributed by atoms with van der Waals surface area (Å²) in [5, 5.41) is 11.8. The zero-order valence-electron chi connectivity index (χ0n) is 13.9. The van der Waals surface area contributed by atoms with Gasteiger partial charge in [-0.25, -0.2) is 14.8 Å². The monoisotopic (exact) mass is 355 g/mol. The number of carbonyl (C=O) groups is 1. The van der Waals surface area contributed by atoms with E-state index < -0.39 is 11.7 Å². The fraction of sp³-hybridized carbons (Fsp3) is 0.389. The fourth-order valence-corrected chi connectivity index (χ4v) is 3.91. The van der Waals surface area contributed by atoms with Crippen molar-refractivity contribution >= 4 is 5.91 Å². The molecule has 1 aliphatic heterocycles. The van der Waals surface area contributed by atoms with Crippen molar-refractivity contribution in [3.8, 4) is 6.07 Å². The van der Waals surface area contributed by atoms with E-state index in [-0.39, 0.29) is 35.2 Å². The molecule has 1 aliphatic carbocycles. The predicted molar refractivity (Wildman–Crippen MR) is 89.0 cm³/mol. The van der Waals surface area contributed by atoms with E-state index in [0.717, 1.165) is 25.0 Å². The van der Waals surface area contributed by atoms with Crippen LogP contribution in [0.25, 0.3) is 0 Å². The molecule has 1 saturated carbocycles. The molecule has 2 fully saturated rings. The van der Waals surface area contributed by atoms with Crippen LogP contribution in [0.3, 0.4) is 0 Å². The zero-order chi connectivity index (χ0) is 18.1. The number of amides is 1. The van der Waals surface area contributed by atoms with Crippen molar-refractivity contribution in [2.24, 2.45) is 5.92 Å². The molecule has 2 aliphatic rings. The Morgan fingerprint density at radius 3 is 3.04 bits per heavy atom. The molecule has 0 spiro atoms. The number of hydrazine groups is 1. The van der Waals surface area contributed by atoms with E-state index in [2.05, 4.69) is 21.2 Å². The van der Waals surface area contributed by atoms with Gasteiger partial charge < -0.3 is 9.73 Å². The zero-order valence-corrected chi connectivity index (χ0v) is 13.9. The summed E-state index contributed by atoms with van der Waals surface area (Å²) in [6.07, 6.45) is 5.50. The number of benzene rings is 1. The van der Waals surface area contributed by atoms with Crippen LogP contribution in [-0.4, -0.2) is 23.0 Å². The Bertz CT molecular complexity index is 848. The van der Waals surface area contributed by atoms with Crippen molar-refractivity contribution in [3.05, 3.63) is 53.5 Å². The molecular formula is C18H18FN5O2. The van der Waals surface area contributed by atoms with Crippen LogP contribution in [0.15, 0.2) is 35.2 Å². The third-order valence-corrected chi connectivity index (χ3v) is 5.21. The lowest BCUT2D eigenvalue weighted by Crippen LogP contribution is -2.44. The molecule has 1 amide bonds. The number of hydrogen-bond donors (Lipinski definition) is 3. The predicted octanol–water partition coefficient (Wildman–Crippen LogP) is 1.80. The van der Waals surface area contributed by atoms with Crippen molar-refractivity contribution in [3.63, 3.8) is 0 Å². The summed E-state index contributed by atoms with van der Waals surface area (Å²) in [4.78, 5) is 16.4. The maximum atomic E-state index is 14.2. The highest BCUT2D eigenvalue weighted by Crippen LogP contribution is 2.38. The summed E-state index contributed by atoms with van der Waals surface area (Å²) in [7, 11) is 0. The van der Waals surface area contributed by atoms with Crippen molar-refractivity contribution in [2.45, 2.75) is 37.4 Å². The molecule has 1 aromatic heterocycles. The van der Waals surface area contributed by atoms with Crippen molar-refractivity contribution in [2.75, 3.05) is 0 Å². The lowest BCUT2D eigenvalue weighted by Gasteiger charge is -2.33. The molecule has 2 aromatic rings. The fourth-order valence-electron chi connectivity index (χ4n) is 3.91. The summed E-state index contributed by atoms with van der Waals surface area (Å²) in [5.41, 5.74) is 6.29. The van der Waals surface area contributed by atoms with Crippen LogP contribution in [0, 0.1) is 23.1 Å². The van der Waals surface area contributed by atoms with Gasteiger partial charge in [0.15, 0.2) is 12.2 Å². The second-order valence-corrected chi connectivity index (χ2v) is 6.70. The van der Waals surface area contributed by atoms with Gasteiger partial charge in [0.1, 0.15) is 11.8 Å². The Morgan fingerprint density at radius 2 is 2.27 bits per heavy atom. The molecular weight excluding hydrogens is 337 g/mol. The molecule has 2 heterocycles. The van der Waals surface area contributed by atoms with Crippen LogP contribution in [0.2, 0.25) is 0 Å². The Balaban J connectivity index is 1.46. The molecule has 1 aromatic carbocycles. The van der Waals surface area contributed by atoms with Gasteiger partial charge in [-0.05, 0) is 31.4 Å². The van der Waals surface area contributed by atoms with Crippen LogP contribution < -0.4 is 16.2 Å². The third kappa shape index (κ3) is 2.96. The van der Waals surface area contributed by atoms with Crippen LogP contribution in [0.1, 0.15) is 47.0 Å². The molecule has 4 rings (SSSR count). The molecule has 4 unspecified atom stereocenters. The maximum Gasteiger partial charge on any atom is 0.254 e. The number of carbonyl (C=O) groups excluding carboxylic acids is 1. The number of fused-ring (bicyclic) bond motifs is 1. The van der Waals surface area contributed by atoms with E-state index >= 15 is 0 Å². The molecule has 8 heteroatoms. The molecule has 4 atom stereocenters. The molecule has 7 nitrogen and oxygen atoms in total. The average Bonchev–Trinajstić information content (AvgIpc) is 3.30. The lowest BCUT2D eigenvalue weighted by atomic mass is 9.78. The normalized spacial score (nSPS) is 27.5. The first-order valence-corrected chi connectivity index (χ1v) is 8.56. The van der Waals surface area contributed by atoms with Gasteiger partial charge in [-0.2, -0.15) is 5.26 Å². The quantitative estimate of drug-likeness (QED) is 0.776. The topological polar surface area (TPSA) is 103 Å². The number of aromatic nitrogens is 1. The van der Waals surface area contributed by atoms with E-state index in [0.29, 0.717) is 0 Å². The molecule has 1 saturated heterocycles. The first-order valence-electron chi connectivity index (χ1n) is 8.56. The van der Waals surface area contributed by atoms with Crippen molar-refractivity contribution in [1.82, 2.24) is 21.2 Å². The highest BCUT2D eigenvalue weighted by Gasteiger charge is 2.42. The Morgan fingerprint density at radius 1 is 1.38 bits per heavy atom. The van der Waals surface area contributed by atoms with Gasteiger partial charge in [-0.3, -0.25) is 10.2 Å². The Kier molecular flexibility index (Phi) is 4.41. The molecule has 0 radical (unpaired) electrons. The van der Waals surface area contributed by atoms with E-state index in [4.69, 9.17) is 9.68 Å². The Hall–Kier alpha value is -2.76. The minimum atomic E-state index is -0.773.